The van der Waals surface area contributed by atoms with Gasteiger partial charge in [-0.05, 0) is 31.0 Å². The minimum atomic E-state index is 0.0105. The molecule has 2 aromatic rings. The summed E-state index contributed by atoms with van der Waals surface area (Å²) >= 11 is 0. The number of carbonyl (C=O) groups is 1. The molecule has 0 spiro atoms. The number of hydrogen-bond donors (Lipinski definition) is 1. The third-order valence-electron chi connectivity index (χ3n) is 4.11. The molecular formula is C19H22N2O2. The Morgan fingerprint density at radius 1 is 1.26 bits per heavy atom. The normalized spacial score (nSPS) is 15.3. The van der Waals surface area contributed by atoms with Crippen LogP contribution in [0.15, 0.2) is 58.7 Å². The Morgan fingerprint density at radius 2 is 2.09 bits per heavy atom. The van der Waals surface area contributed by atoms with Gasteiger partial charge in [0, 0.05) is 25.2 Å². The Balaban J connectivity index is 1.49. The number of hydrogen-bond acceptors (Lipinski definition) is 3. The van der Waals surface area contributed by atoms with E-state index in [-0.39, 0.29) is 5.91 Å². The van der Waals surface area contributed by atoms with E-state index < -0.39 is 0 Å². The first kappa shape index (κ1) is 15.6. The second-order valence-electron chi connectivity index (χ2n) is 5.96. The lowest BCUT2D eigenvalue weighted by Crippen LogP contribution is -2.33. The van der Waals surface area contributed by atoms with Gasteiger partial charge in [0.05, 0.1) is 12.8 Å². The lowest BCUT2D eigenvalue weighted by atomic mass is 10.1. The maximum atomic E-state index is 12.2. The highest BCUT2D eigenvalue weighted by molar-refractivity contribution is 5.93. The predicted molar refractivity (Wildman–Crippen MR) is 89.7 cm³/mol. The summed E-state index contributed by atoms with van der Waals surface area (Å²) in [6, 6.07) is 12.3. The zero-order valence-corrected chi connectivity index (χ0v) is 13.4. The van der Waals surface area contributed by atoms with E-state index in [0.29, 0.717) is 6.54 Å². The Kier molecular flexibility index (Phi) is 4.93. The first-order valence-electron chi connectivity index (χ1n) is 7.98. The van der Waals surface area contributed by atoms with Crippen molar-refractivity contribution in [2.45, 2.75) is 26.4 Å². The molecule has 1 aliphatic rings. The number of furan rings is 1. The fourth-order valence-electron chi connectivity index (χ4n) is 2.71. The van der Waals surface area contributed by atoms with Gasteiger partial charge in [0.15, 0.2) is 0 Å². The summed E-state index contributed by atoms with van der Waals surface area (Å²) < 4.78 is 5.22. The van der Waals surface area contributed by atoms with E-state index in [4.69, 9.17) is 4.42 Å². The first-order chi connectivity index (χ1) is 11.2. The summed E-state index contributed by atoms with van der Waals surface area (Å²) in [5.74, 6) is 0.784. The van der Waals surface area contributed by atoms with Crippen LogP contribution in [-0.2, 0) is 17.9 Å². The topological polar surface area (TPSA) is 45.5 Å². The summed E-state index contributed by atoms with van der Waals surface area (Å²) in [5.41, 5.74) is 3.47. The van der Waals surface area contributed by atoms with E-state index in [1.807, 2.05) is 18.2 Å². The quantitative estimate of drug-likeness (QED) is 0.923. The van der Waals surface area contributed by atoms with Crippen LogP contribution in [0.3, 0.4) is 0 Å². The summed E-state index contributed by atoms with van der Waals surface area (Å²) in [7, 11) is 0. The number of nitrogens with one attached hydrogen (secondary N) is 1. The molecule has 1 aliphatic heterocycles. The van der Waals surface area contributed by atoms with Gasteiger partial charge < -0.3 is 9.73 Å². The van der Waals surface area contributed by atoms with Gasteiger partial charge in [-0.1, -0.05) is 35.9 Å². The van der Waals surface area contributed by atoms with Gasteiger partial charge in [0.1, 0.15) is 5.76 Å². The monoisotopic (exact) mass is 310 g/mol. The number of nitrogens with zero attached hydrogens (tertiary/aromatic N) is 1. The summed E-state index contributed by atoms with van der Waals surface area (Å²) in [6.07, 6.45) is 4.44. The number of benzene rings is 1. The molecule has 3 rings (SSSR count). The lowest BCUT2D eigenvalue weighted by Gasteiger charge is -2.26. The second kappa shape index (κ2) is 7.29. The third-order valence-corrected chi connectivity index (χ3v) is 4.11. The molecule has 0 bridgehead atoms. The molecule has 1 aromatic carbocycles. The molecule has 1 N–H and O–H groups in total. The molecule has 0 radical (unpaired) electrons. The number of aryl methyl sites for hydroxylation is 1. The molecule has 0 aliphatic carbocycles. The van der Waals surface area contributed by atoms with Crippen molar-refractivity contribution in [2.75, 3.05) is 13.1 Å². The average molecular weight is 310 g/mol. The van der Waals surface area contributed by atoms with Crippen LogP contribution in [0, 0.1) is 6.92 Å². The van der Waals surface area contributed by atoms with Crippen molar-refractivity contribution in [1.29, 1.82) is 0 Å². The zero-order chi connectivity index (χ0) is 16.1. The Morgan fingerprint density at radius 3 is 2.74 bits per heavy atom. The zero-order valence-electron chi connectivity index (χ0n) is 13.4. The number of amides is 1. The molecule has 1 aromatic heterocycles. The van der Waals surface area contributed by atoms with Gasteiger partial charge in [-0.25, -0.2) is 0 Å². The van der Waals surface area contributed by atoms with Gasteiger partial charge in [-0.15, -0.1) is 0 Å². The van der Waals surface area contributed by atoms with Crippen LogP contribution in [0.4, 0.5) is 0 Å². The molecular weight excluding hydrogens is 288 g/mol. The minimum Gasteiger partial charge on any atom is -0.467 e. The van der Waals surface area contributed by atoms with Crippen LogP contribution in [0.1, 0.15) is 23.3 Å². The van der Waals surface area contributed by atoms with Gasteiger partial charge in [-0.2, -0.15) is 0 Å². The number of carbonyl (C=O) groups excluding carboxylic acids is 1. The van der Waals surface area contributed by atoms with E-state index in [9.17, 15) is 4.79 Å². The van der Waals surface area contributed by atoms with E-state index >= 15 is 0 Å². The van der Waals surface area contributed by atoms with Crippen LogP contribution < -0.4 is 5.32 Å². The minimum absolute atomic E-state index is 0.0105. The smallest absolute Gasteiger partial charge is 0.247 e. The second-order valence-corrected chi connectivity index (χ2v) is 5.96. The highest BCUT2D eigenvalue weighted by Crippen LogP contribution is 2.15. The van der Waals surface area contributed by atoms with E-state index in [1.165, 1.54) is 11.1 Å². The number of rotatable bonds is 5. The summed E-state index contributed by atoms with van der Waals surface area (Å²) in [6.45, 7) is 5.20. The molecule has 0 saturated heterocycles. The predicted octanol–water partition coefficient (Wildman–Crippen LogP) is 3.04. The van der Waals surface area contributed by atoms with E-state index in [2.05, 4.69) is 41.4 Å². The van der Waals surface area contributed by atoms with Crippen molar-refractivity contribution in [3.05, 3.63) is 71.2 Å². The van der Waals surface area contributed by atoms with Gasteiger partial charge >= 0.3 is 0 Å². The highest BCUT2D eigenvalue weighted by atomic mass is 16.3. The molecule has 4 heteroatoms. The molecule has 0 fully saturated rings. The molecule has 120 valence electrons. The molecule has 1 amide bonds. The van der Waals surface area contributed by atoms with Crippen molar-refractivity contribution in [3.8, 4) is 0 Å². The third kappa shape index (κ3) is 4.33. The van der Waals surface area contributed by atoms with E-state index in [1.54, 1.807) is 6.26 Å². The van der Waals surface area contributed by atoms with Crippen LogP contribution >= 0.6 is 0 Å². The van der Waals surface area contributed by atoms with Gasteiger partial charge in [0.2, 0.25) is 5.91 Å². The fraction of sp³-hybridized carbons (Fsp3) is 0.316. The molecule has 0 unspecified atom stereocenters. The van der Waals surface area contributed by atoms with Crippen molar-refractivity contribution in [1.82, 2.24) is 10.2 Å². The molecule has 2 heterocycles. The SMILES string of the molecule is Cc1ccc(CN2CC=C(C(=O)NCc3ccco3)CC2)cc1. The van der Waals surface area contributed by atoms with Crippen LogP contribution in [0.25, 0.3) is 0 Å². The maximum absolute atomic E-state index is 12.2. The largest absolute Gasteiger partial charge is 0.467 e. The molecule has 23 heavy (non-hydrogen) atoms. The van der Waals surface area contributed by atoms with E-state index in [0.717, 1.165) is 37.4 Å². The molecule has 0 saturated carbocycles. The first-order valence-corrected chi connectivity index (χ1v) is 7.98. The Bertz CT molecular complexity index is 672. The standard InChI is InChI=1S/C19H22N2O2/c1-15-4-6-16(7-5-15)14-21-10-8-17(9-11-21)19(22)20-13-18-3-2-12-23-18/h2-8,12H,9-11,13-14H2,1H3,(H,20,22). The van der Waals surface area contributed by atoms with Crippen molar-refractivity contribution < 1.29 is 9.21 Å². The van der Waals surface area contributed by atoms with Crippen LogP contribution in [0.5, 0.6) is 0 Å². The van der Waals surface area contributed by atoms with Crippen LogP contribution in [0.2, 0.25) is 0 Å². The van der Waals surface area contributed by atoms with Crippen LogP contribution in [-0.4, -0.2) is 23.9 Å². The Hall–Kier alpha value is -2.33. The summed E-state index contributed by atoms with van der Waals surface area (Å²) in [4.78, 5) is 14.5. The molecule has 4 nitrogen and oxygen atoms in total. The van der Waals surface area contributed by atoms with Gasteiger partial charge in [-0.3, -0.25) is 9.69 Å². The van der Waals surface area contributed by atoms with Crippen molar-refractivity contribution in [2.24, 2.45) is 0 Å². The molecule has 0 atom stereocenters. The highest BCUT2D eigenvalue weighted by Gasteiger charge is 2.17. The van der Waals surface area contributed by atoms with Crippen molar-refractivity contribution in [3.63, 3.8) is 0 Å². The van der Waals surface area contributed by atoms with Crippen molar-refractivity contribution >= 4 is 5.91 Å². The van der Waals surface area contributed by atoms with Gasteiger partial charge in [0.25, 0.3) is 0 Å². The maximum Gasteiger partial charge on any atom is 0.247 e. The Labute approximate surface area is 136 Å². The fourth-order valence-corrected chi connectivity index (χ4v) is 2.71. The lowest BCUT2D eigenvalue weighted by molar-refractivity contribution is -0.118. The average Bonchev–Trinajstić information content (AvgIpc) is 3.09. The summed E-state index contributed by atoms with van der Waals surface area (Å²) in [5, 5.41) is 2.91.